The first-order chi connectivity index (χ1) is 16.5. The van der Waals surface area contributed by atoms with Crippen LogP contribution in [0.2, 0.25) is 0 Å². The van der Waals surface area contributed by atoms with E-state index in [0.29, 0.717) is 18.6 Å². The highest BCUT2D eigenvalue weighted by molar-refractivity contribution is 6.07. The van der Waals surface area contributed by atoms with Crippen LogP contribution in [0.25, 0.3) is 21.8 Å². The molecule has 6 nitrogen and oxygen atoms in total. The Labute approximate surface area is 195 Å². The Balaban J connectivity index is 1.48. The normalized spacial score (nSPS) is 11.2. The van der Waals surface area contributed by atoms with E-state index in [4.69, 9.17) is 0 Å². The highest BCUT2D eigenvalue weighted by Crippen LogP contribution is 2.27. The molecule has 0 unspecified atom stereocenters. The van der Waals surface area contributed by atoms with E-state index in [-0.39, 0.29) is 23.8 Å². The number of halogens is 1. The largest absolute Gasteiger partial charge is 0.350 e. The lowest BCUT2D eigenvalue weighted by molar-refractivity contribution is -0.122. The second kappa shape index (κ2) is 8.94. The molecule has 34 heavy (non-hydrogen) atoms. The van der Waals surface area contributed by atoms with Crippen molar-refractivity contribution in [2.45, 2.75) is 26.6 Å². The van der Waals surface area contributed by atoms with Gasteiger partial charge in [0.25, 0.3) is 5.56 Å². The number of fused-ring (bicyclic) bond motifs is 3. The number of benzene rings is 3. The van der Waals surface area contributed by atoms with E-state index >= 15 is 0 Å². The van der Waals surface area contributed by atoms with Gasteiger partial charge in [0.05, 0.1) is 6.20 Å². The van der Waals surface area contributed by atoms with Crippen LogP contribution in [-0.4, -0.2) is 20.3 Å². The van der Waals surface area contributed by atoms with E-state index in [1.807, 2.05) is 60.0 Å². The number of para-hydroxylation sites is 1. The van der Waals surface area contributed by atoms with Crippen LogP contribution >= 0.6 is 0 Å². The number of hydrogen-bond donors (Lipinski definition) is 1. The topological polar surface area (TPSA) is 68.9 Å². The smallest absolute Gasteiger partial charge is 0.291 e. The second-order valence-electron chi connectivity index (χ2n) is 8.36. The van der Waals surface area contributed by atoms with E-state index < -0.39 is 0 Å². The Bertz CT molecular complexity index is 1550. The summed E-state index contributed by atoms with van der Waals surface area (Å²) in [5.74, 6) is -0.607. The number of rotatable bonds is 6. The molecular formula is C27H23FN4O2. The summed E-state index contributed by atoms with van der Waals surface area (Å²) in [5.41, 5.74) is 3.99. The molecule has 0 atom stereocenters. The fraction of sp³-hybridized carbons (Fsp3) is 0.148. The van der Waals surface area contributed by atoms with E-state index in [0.717, 1.165) is 33.0 Å². The fourth-order valence-corrected chi connectivity index (χ4v) is 4.14. The number of aromatic nitrogens is 3. The Morgan fingerprint density at radius 1 is 0.941 bits per heavy atom. The molecule has 1 N–H and O–H groups in total. The predicted molar refractivity (Wildman–Crippen MR) is 130 cm³/mol. The van der Waals surface area contributed by atoms with Gasteiger partial charge in [-0.1, -0.05) is 60.2 Å². The van der Waals surface area contributed by atoms with Gasteiger partial charge in [0.1, 0.15) is 17.9 Å². The van der Waals surface area contributed by atoms with Crippen molar-refractivity contribution in [2.75, 3.05) is 0 Å². The average Bonchev–Trinajstić information content (AvgIpc) is 3.16. The minimum atomic E-state index is -0.346. The molecule has 170 valence electrons. The van der Waals surface area contributed by atoms with E-state index in [1.54, 1.807) is 18.3 Å². The maximum Gasteiger partial charge on any atom is 0.291 e. The van der Waals surface area contributed by atoms with Crippen LogP contribution in [0.5, 0.6) is 0 Å². The summed E-state index contributed by atoms with van der Waals surface area (Å²) >= 11 is 0. The number of nitrogens with one attached hydrogen (secondary N) is 1. The molecule has 0 bridgehead atoms. The van der Waals surface area contributed by atoms with E-state index in [9.17, 15) is 14.0 Å². The Morgan fingerprint density at radius 3 is 2.41 bits per heavy atom. The molecule has 5 aromatic rings. The lowest BCUT2D eigenvalue weighted by Crippen LogP contribution is -2.33. The van der Waals surface area contributed by atoms with E-state index in [1.165, 1.54) is 16.8 Å². The summed E-state index contributed by atoms with van der Waals surface area (Å²) in [7, 11) is 0. The minimum Gasteiger partial charge on any atom is -0.350 e. The van der Waals surface area contributed by atoms with Crippen molar-refractivity contribution >= 4 is 27.7 Å². The molecule has 0 aliphatic rings. The molecule has 2 aromatic heterocycles. The van der Waals surface area contributed by atoms with Crippen LogP contribution in [0.4, 0.5) is 4.39 Å². The molecule has 0 saturated carbocycles. The van der Waals surface area contributed by atoms with Crippen LogP contribution in [0.1, 0.15) is 16.7 Å². The minimum absolute atomic E-state index is 0.182. The number of nitrogens with zero attached hydrogens (tertiary/aromatic N) is 3. The standard InChI is InChI=1S/C27H23FN4O2/c1-18-6-8-19(9-7-18)14-29-25(33)17-32-27(34)26-23(15-30-32)22-4-2-3-5-24(22)31(26)16-20-10-12-21(28)13-11-20/h2-13,15H,14,16-17H2,1H3,(H,29,33). The predicted octanol–water partition coefficient (Wildman–Crippen LogP) is 4.16. The van der Waals surface area contributed by atoms with Gasteiger partial charge in [0.2, 0.25) is 5.91 Å². The van der Waals surface area contributed by atoms with Gasteiger partial charge in [0, 0.05) is 29.4 Å². The number of aryl methyl sites for hydroxylation is 1. The van der Waals surface area contributed by atoms with Crippen molar-refractivity contribution in [2.24, 2.45) is 0 Å². The van der Waals surface area contributed by atoms with Gasteiger partial charge in [-0.05, 0) is 36.2 Å². The van der Waals surface area contributed by atoms with Crippen LogP contribution in [-0.2, 0) is 24.4 Å². The van der Waals surface area contributed by atoms with Gasteiger partial charge >= 0.3 is 0 Å². The van der Waals surface area contributed by atoms with Crippen molar-refractivity contribution in [3.63, 3.8) is 0 Å². The Morgan fingerprint density at radius 2 is 1.65 bits per heavy atom. The molecule has 0 aliphatic heterocycles. The molecule has 5 rings (SSSR count). The van der Waals surface area contributed by atoms with Crippen LogP contribution in [0, 0.1) is 12.7 Å². The summed E-state index contributed by atoms with van der Waals surface area (Å²) < 4.78 is 16.5. The van der Waals surface area contributed by atoms with Gasteiger partial charge in [0.15, 0.2) is 0 Å². The monoisotopic (exact) mass is 454 g/mol. The van der Waals surface area contributed by atoms with Crippen LogP contribution in [0.15, 0.2) is 83.8 Å². The highest BCUT2D eigenvalue weighted by Gasteiger charge is 2.17. The van der Waals surface area contributed by atoms with Crippen LogP contribution in [0.3, 0.4) is 0 Å². The first-order valence-corrected chi connectivity index (χ1v) is 11.0. The van der Waals surface area contributed by atoms with Gasteiger partial charge in [-0.25, -0.2) is 9.07 Å². The van der Waals surface area contributed by atoms with Crippen molar-refractivity contribution in [3.8, 4) is 0 Å². The fourth-order valence-electron chi connectivity index (χ4n) is 4.14. The van der Waals surface area contributed by atoms with Gasteiger partial charge in [-0.15, -0.1) is 0 Å². The van der Waals surface area contributed by atoms with Crippen LogP contribution < -0.4 is 10.9 Å². The first kappa shape index (κ1) is 21.6. The third-order valence-electron chi connectivity index (χ3n) is 5.93. The number of carbonyl (C=O) groups is 1. The molecular weight excluding hydrogens is 431 g/mol. The molecule has 7 heteroatoms. The molecule has 0 radical (unpaired) electrons. The quantitative estimate of drug-likeness (QED) is 0.419. The zero-order valence-electron chi connectivity index (χ0n) is 18.7. The summed E-state index contributed by atoms with van der Waals surface area (Å²) in [6, 6.07) is 21.8. The number of amides is 1. The Hall–Kier alpha value is -4.26. The van der Waals surface area contributed by atoms with Gasteiger partial charge in [-0.3, -0.25) is 9.59 Å². The molecule has 0 aliphatic carbocycles. The number of hydrogen-bond acceptors (Lipinski definition) is 3. The maximum absolute atomic E-state index is 13.5. The highest BCUT2D eigenvalue weighted by atomic mass is 19.1. The Kier molecular flexibility index (Phi) is 5.67. The molecule has 2 heterocycles. The number of carbonyl (C=O) groups excluding carboxylic acids is 1. The van der Waals surface area contributed by atoms with Gasteiger partial charge < -0.3 is 9.88 Å². The van der Waals surface area contributed by atoms with E-state index in [2.05, 4.69) is 10.4 Å². The second-order valence-corrected chi connectivity index (χ2v) is 8.36. The molecule has 1 amide bonds. The third-order valence-corrected chi connectivity index (χ3v) is 5.93. The average molecular weight is 455 g/mol. The molecule has 0 fully saturated rings. The maximum atomic E-state index is 13.5. The van der Waals surface area contributed by atoms with Crippen molar-refractivity contribution < 1.29 is 9.18 Å². The summed E-state index contributed by atoms with van der Waals surface area (Å²) in [5, 5.41) is 8.75. The first-order valence-electron chi connectivity index (χ1n) is 11.0. The third kappa shape index (κ3) is 4.20. The zero-order chi connectivity index (χ0) is 23.7. The molecule has 3 aromatic carbocycles. The van der Waals surface area contributed by atoms with Gasteiger partial charge in [-0.2, -0.15) is 5.10 Å². The summed E-state index contributed by atoms with van der Waals surface area (Å²) in [6.45, 7) is 2.59. The zero-order valence-corrected chi connectivity index (χ0v) is 18.7. The van der Waals surface area contributed by atoms with Crippen molar-refractivity contribution in [1.29, 1.82) is 0 Å². The summed E-state index contributed by atoms with van der Waals surface area (Å²) in [6.07, 6.45) is 1.63. The SMILES string of the molecule is Cc1ccc(CNC(=O)Cn2ncc3c4ccccc4n(Cc4ccc(F)cc4)c3c2=O)cc1. The lowest BCUT2D eigenvalue weighted by Gasteiger charge is -2.10. The van der Waals surface area contributed by atoms with Crippen molar-refractivity contribution in [1.82, 2.24) is 19.7 Å². The molecule has 0 saturated heterocycles. The van der Waals surface area contributed by atoms with Crippen molar-refractivity contribution in [3.05, 3.63) is 112 Å². The molecule has 0 spiro atoms. The lowest BCUT2D eigenvalue weighted by atomic mass is 10.1. The summed E-state index contributed by atoms with van der Waals surface area (Å²) in [4.78, 5) is 26.0.